The minimum Gasteiger partial charge on any atom is -0.393 e. The number of rotatable bonds is 5. The molecule has 0 amide bonds. The van der Waals surface area contributed by atoms with Crippen molar-refractivity contribution < 1.29 is 19.3 Å². The highest BCUT2D eigenvalue weighted by molar-refractivity contribution is 5.99. The lowest BCUT2D eigenvalue weighted by Gasteiger charge is -2.28. The highest BCUT2D eigenvalue weighted by Crippen LogP contribution is 2.35. The van der Waals surface area contributed by atoms with Gasteiger partial charge < -0.3 is 19.5 Å². The van der Waals surface area contributed by atoms with Crippen LogP contribution < -0.4 is 5.56 Å². The number of nitrogens with zero attached hydrogens (tertiary/aromatic N) is 1. The van der Waals surface area contributed by atoms with E-state index in [1.165, 1.54) is 12.1 Å². The Morgan fingerprint density at radius 1 is 1.03 bits per heavy atom. The van der Waals surface area contributed by atoms with Crippen molar-refractivity contribution in [3.63, 3.8) is 0 Å². The zero-order valence-corrected chi connectivity index (χ0v) is 17.7. The SMILES string of the molecule is O=c1c2ccccc2c(-c2ccc(F)cc2)c(/C=C/[C@@H]2C[C@@H](O)CC(O)O2)n1CC1CC1. The molecule has 1 aliphatic heterocycles. The molecule has 5 nitrogen and oxygen atoms in total. The van der Waals surface area contributed by atoms with Crippen molar-refractivity contribution in [1.82, 2.24) is 4.57 Å². The number of aliphatic hydroxyl groups is 2. The molecule has 2 aromatic carbocycles. The summed E-state index contributed by atoms with van der Waals surface area (Å²) in [7, 11) is 0. The van der Waals surface area contributed by atoms with E-state index in [9.17, 15) is 19.4 Å². The van der Waals surface area contributed by atoms with Gasteiger partial charge in [-0.15, -0.1) is 0 Å². The summed E-state index contributed by atoms with van der Waals surface area (Å²) in [5.41, 5.74) is 2.35. The number of ether oxygens (including phenoxy) is 1. The second-order valence-electron chi connectivity index (χ2n) is 8.79. The van der Waals surface area contributed by atoms with Gasteiger partial charge in [0.25, 0.3) is 5.56 Å². The standard InChI is InChI=1S/C26H26FNO4/c27-18-9-7-17(8-10-18)25-21-3-1-2-4-22(21)26(31)28(15-16-5-6-16)23(25)12-11-20-13-19(29)14-24(30)32-20/h1-4,7-12,16,19-20,24,29-30H,5-6,13-15H2/b12-11+/t19-,20-,24?/m1/s1. The van der Waals surface area contributed by atoms with Crippen LogP contribution in [0.3, 0.4) is 0 Å². The Morgan fingerprint density at radius 2 is 1.75 bits per heavy atom. The second-order valence-corrected chi connectivity index (χ2v) is 8.79. The fourth-order valence-electron chi connectivity index (χ4n) is 4.48. The third-order valence-electron chi connectivity index (χ3n) is 6.27. The van der Waals surface area contributed by atoms with Crippen LogP contribution in [-0.4, -0.2) is 33.3 Å². The smallest absolute Gasteiger partial charge is 0.258 e. The molecule has 3 atom stereocenters. The average Bonchev–Trinajstić information content (AvgIpc) is 3.59. The Balaban J connectivity index is 1.71. The van der Waals surface area contributed by atoms with Gasteiger partial charge in [0.1, 0.15) is 5.82 Å². The van der Waals surface area contributed by atoms with E-state index < -0.39 is 18.5 Å². The number of benzene rings is 2. The summed E-state index contributed by atoms with van der Waals surface area (Å²) in [5, 5.41) is 21.3. The molecule has 1 aliphatic carbocycles. The maximum absolute atomic E-state index is 13.7. The first kappa shape index (κ1) is 21.1. The molecule has 5 rings (SSSR count). The van der Waals surface area contributed by atoms with Gasteiger partial charge in [-0.3, -0.25) is 4.79 Å². The van der Waals surface area contributed by atoms with Gasteiger partial charge in [-0.2, -0.15) is 0 Å². The summed E-state index contributed by atoms with van der Waals surface area (Å²) < 4.78 is 21.0. The maximum atomic E-state index is 13.7. The van der Waals surface area contributed by atoms with E-state index in [0.717, 1.165) is 35.0 Å². The van der Waals surface area contributed by atoms with Crippen LogP contribution in [0, 0.1) is 11.7 Å². The molecular formula is C26H26FNO4. The number of hydrogen-bond acceptors (Lipinski definition) is 4. The van der Waals surface area contributed by atoms with Crippen molar-refractivity contribution in [2.75, 3.05) is 0 Å². The van der Waals surface area contributed by atoms with Gasteiger partial charge >= 0.3 is 0 Å². The number of aromatic nitrogens is 1. The van der Waals surface area contributed by atoms with Crippen LogP contribution in [0.5, 0.6) is 0 Å². The quantitative estimate of drug-likeness (QED) is 0.633. The molecule has 1 unspecified atom stereocenters. The molecule has 0 spiro atoms. The van der Waals surface area contributed by atoms with Gasteiger partial charge in [-0.1, -0.05) is 36.4 Å². The van der Waals surface area contributed by atoms with Crippen LogP contribution in [0.1, 0.15) is 31.4 Å². The van der Waals surface area contributed by atoms with E-state index in [1.807, 2.05) is 34.9 Å². The highest BCUT2D eigenvalue weighted by atomic mass is 19.1. The first-order valence-corrected chi connectivity index (χ1v) is 11.1. The molecule has 2 fully saturated rings. The maximum Gasteiger partial charge on any atom is 0.258 e. The highest BCUT2D eigenvalue weighted by Gasteiger charge is 2.27. The second kappa shape index (κ2) is 8.62. The van der Waals surface area contributed by atoms with E-state index in [2.05, 4.69) is 0 Å². The molecule has 1 saturated carbocycles. The minimum absolute atomic E-state index is 0.0531. The Labute approximate surface area is 185 Å². The van der Waals surface area contributed by atoms with Crippen LogP contribution in [0.25, 0.3) is 28.0 Å². The molecule has 2 aliphatic rings. The molecule has 32 heavy (non-hydrogen) atoms. The van der Waals surface area contributed by atoms with Gasteiger partial charge in [0, 0.05) is 30.3 Å². The predicted molar refractivity (Wildman–Crippen MR) is 121 cm³/mol. The van der Waals surface area contributed by atoms with Crippen LogP contribution >= 0.6 is 0 Å². The van der Waals surface area contributed by atoms with Crippen molar-refractivity contribution in [1.29, 1.82) is 0 Å². The number of fused-ring (bicyclic) bond motifs is 1. The molecule has 2 N–H and O–H groups in total. The fraction of sp³-hybridized carbons (Fsp3) is 0.346. The third kappa shape index (κ3) is 4.26. The molecule has 166 valence electrons. The van der Waals surface area contributed by atoms with Crippen molar-refractivity contribution in [3.8, 4) is 11.1 Å². The van der Waals surface area contributed by atoms with Crippen molar-refractivity contribution >= 4 is 16.8 Å². The summed E-state index contributed by atoms with van der Waals surface area (Å²) in [4.78, 5) is 13.5. The lowest BCUT2D eigenvalue weighted by atomic mass is 9.95. The topological polar surface area (TPSA) is 71.7 Å². The molecule has 1 aromatic heterocycles. The van der Waals surface area contributed by atoms with Crippen molar-refractivity contribution in [2.24, 2.45) is 5.92 Å². The van der Waals surface area contributed by atoms with Crippen LogP contribution in [0.15, 0.2) is 59.4 Å². The van der Waals surface area contributed by atoms with Crippen molar-refractivity contribution in [2.45, 2.75) is 50.7 Å². The average molecular weight is 435 g/mol. The molecule has 6 heteroatoms. The zero-order chi connectivity index (χ0) is 22.2. The Hall–Kier alpha value is -2.80. The summed E-state index contributed by atoms with van der Waals surface area (Å²) >= 11 is 0. The van der Waals surface area contributed by atoms with Gasteiger partial charge in [0.2, 0.25) is 0 Å². The minimum atomic E-state index is -1.02. The molecule has 2 heterocycles. The van der Waals surface area contributed by atoms with Gasteiger partial charge in [0.05, 0.1) is 17.9 Å². The van der Waals surface area contributed by atoms with Gasteiger partial charge in [0.15, 0.2) is 6.29 Å². The molecule has 1 saturated heterocycles. The monoisotopic (exact) mass is 435 g/mol. The van der Waals surface area contributed by atoms with Crippen LogP contribution in [-0.2, 0) is 11.3 Å². The Kier molecular flexibility index (Phi) is 5.67. The first-order chi connectivity index (χ1) is 15.5. The Morgan fingerprint density at radius 3 is 2.44 bits per heavy atom. The molecule has 0 radical (unpaired) electrons. The van der Waals surface area contributed by atoms with Gasteiger partial charge in [-0.25, -0.2) is 4.39 Å². The Bertz CT molecular complexity index is 1200. The predicted octanol–water partition coefficient (Wildman–Crippen LogP) is 4.09. The normalized spacial score (nSPS) is 23.8. The summed E-state index contributed by atoms with van der Waals surface area (Å²) in [5.74, 6) is 0.150. The molecular weight excluding hydrogens is 409 g/mol. The number of pyridine rings is 1. The largest absolute Gasteiger partial charge is 0.393 e. The number of halogens is 1. The zero-order valence-electron chi connectivity index (χ0n) is 17.7. The summed E-state index contributed by atoms with van der Waals surface area (Å²) in [6, 6.07) is 13.8. The molecule has 3 aromatic rings. The fourth-order valence-corrected chi connectivity index (χ4v) is 4.48. The summed E-state index contributed by atoms with van der Waals surface area (Å²) in [6.45, 7) is 0.619. The van der Waals surface area contributed by atoms with Crippen LogP contribution in [0.2, 0.25) is 0 Å². The lowest BCUT2D eigenvalue weighted by Crippen LogP contribution is -2.34. The van der Waals surface area contributed by atoms with E-state index in [-0.39, 0.29) is 17.8 Å². The summed E-state index contributed by atoms with van der Waals surface area (Å²) in [6.07, 6.45) is 4.27. The lowest BCUT2D eigenvalue weighted by molar-refractivity contribution is -0.175. The van der Waals surface area contributed by atoms with Crippen LogP contribution in [0.4, 0.5) is 4.39 Å². The van der Waals surface area contributed by atoms with E-state index in [1.54, 1.807) is 18.2 Å². The van der Waals surface area contributed by atoms with Gasteiger partial charge in [-0.05, 0) is 54.0 Å². The number of aliphatic hydroxyl groups excluding tert-OH is 2. The molecule has 0 bridgehead atoms. The van der Waals surface area contributed by atoms with E-state index in [0.29, 0.717) is 24.3 Å². The van der Waals surface area contributed by atoms with Crippen molar-refractivity contribution in [3.05, 3.63) is 76.5 Å². The van der Waals surface area contributed by atoms with E-state index in [4.69, 9.17) is 4.74 Å². The van der Waals surface area contributed by atoms with E-state index >= 15 is 0 Å². The third-order valence-corrected chi connectivity index (χ3v) is 6.27. The first-order valence-electron chi connectivity index (χ1n) is 11.1. The number of hydrogen-bond donors (Lipinski definition) is 2.